The molecule has 148 valence electrons. The van der Waals surface area contributed by atoms with E-state index in [9.17, 15) is 14.9 Å². The minimum absolute atomic E-state index is 0.0553. The molecule has 0 aromatic heterocycles. The molecule has 0 atom stereocenters. The molecule has 1 aliphatic rings. The Bertz CT molecular complexity index is 1050. The lowest BCUT2D eigenvalue weighted by atomic mass is 10.1. The fraction of sp³-hybridized carbons (Fsp3) is 0.190. The largest absolute Gasteiger partial charge is 0.493 e. The summed E-state index contributed by atoms with van der Waals surface area (Å²) in [4.78, 5) is 26.7. The molecule has 0 N–H and O–H groups in total. The van der Waals surface area contributed by atoms with Crippen LogP contribution >= 0.6 is 27.7 Å². The molecular weight excluding hydrogens is 456 g/mol. The molecule has 2 amide bonds. The Labute approximate surface area is 181 Å². The van der Waals surface area contributed by atoms with Crippen molar-refractivity contribution in [2.45, 2.75) is 13.5 Å². The van der Waals surface area contributed by atoms with Crippen molar-refractivity contribution in [3.05, 3.63) is 62.5 Å². The van der Waals surface area contributed by atoms with E-state index in [1.807, 2.05) is 6.92 Å². The molecule has 0 bridgehead atoms. The topological polar surface area (TPSA) is 79.6 Å². The summed E-state index contributed by atoms with van der Waals surface area (Å²) in [7, 11) is 1.55. The van der Waals surface area contributed by atoms with Crippen molar-refractivity contribution in [3.63, 3.8) is 0 Å². The Morgan fingerprint density at radius 1 is 1.24 bits per heavy atom. The molecule has 6 nitrogen and oxygen atoms in total. The second-order valence-electron chi connectivity index (χ2n) is 5.99. The highest BCUT2D eigenvalue weighted by molar-refractivity contribution is 9.10. The van der Waals surface area contributed by atoms with Gasteiger partial charge in [-0.15, -0.1) is 0 Å². The van der Waals surface area contributed by atoms with Gasteiger partial charge in [0.25, 0.3) is 11.1 Å². The van der Waals surface area contributed by atoms with Crippen molar-refractivity contribution in [1.82, 2.24) is 4.90 Å². The maximum atomic E-state index is 12.8. The molecule has 1 aliphatic heterocycles. The Balaban J connectivity index is 1.90. The van der Waals surface area contributed by atoms with Crippen LogP contribution in [0.3, 0.4) is 0 Å². The summed E-state index contributed by atoms with van der Waals surface area (Å²) < 4.78 is 11.6. The van der Waals surface area contributed by atoms with Gasteiger partial charge in [0, 0.05) is 4.47 Å². The average Bonchev–Trinajstić information content (AvgIpc) is 2.98. The summed E-state index contributed by atoms with van der Waals surface area (Å²) in [6.07, 6.45) is 1.65. The molecule has 2 aromatic carbocycles. The zero-order valence-corrected chi connectivity index (χ0v) is 18.2. The van der Waals surface area contributed by atoms with Gasteiger partial charge < -0.3 is 9.47 Å². The molecule has 0 saturated carbocycles. The third-order valence-corrected chi connectivity index (χ3v) is 5.80. The molecule has 0 spiro atoms. The van der Waals surface area contributed by atoms with Gasteiger partial charge in [-0.25, -0.2) is 0 Å². The van der Waals surface area contributed by atoms with Gasteiger partial charge in [-0.05, 0) is 54.1 Å². The van der Waals surface area contributed by atoms with Gasteiger partial charge in [0.2, 0.25) is 0 Å². The maximum Gasteiger partial charge on any atom is 0.293 e. The van der Waals surface area contributed by atoms with Crippen LogP contribution in [0, 0.1) is 11.3 Å². The number of ether oxygens (including phenoxy) is 2. The molecule has 1 fully saturated rings. The SMILES string of the molecule is CCOc1cc(/C=C2/SC(=O)N(Cc3ccccc3C#N)C2=O)c(Br)cc1OC. The summed E-state index contributed by atoms with van der Waals surface area (Å²) in [5.74, 6) is 0.720. The van der Waals surface area contributed by atoms with E-state index in [0.29, 0.717) is 44.2 Å². The molecule has 0 radical (unpaired) electrons. The van der Waals surface area contributed by atoms with Gasteiger partial charge in [0.15, 0.2) is 11.5 Å². The van der Waals surface area contributed by atoms with Crippen molar-refractivity contribution in [2.24, 2.45) is 0 Å². The van der Waals surface area contributed by atoms with E-state index in [1.54, 1.807) is 49.6 Å². The van der Waals surface area contributed by atoms with E-state index >= 15 is 0 Å². The number of amides is 2. The van der Waals surface area contributed by atoms with Crippen molar-refractivity contribution in [3.8, 4) is 17.6 Å². The summed E-state index contributed by atoms with van der Waals surface area (Å²) in [6, 6.07) is 12.5. The molecule has 1 saturated heterocycles. The van der Waals surface area contributed by atoms with Gasteiger partial charge in [0.1, 0.15) is 0 Å². The van der Waals surface area contributed by atoms with Crippen LogP contribution in [0.1, 0.15) is 23.6 Å². The lowest BCUT2D eigenvalue weighted by Crippen LogP contribution is -2.27. The minimum Gasteiger partial charge on any atom is -0.493 e. The molecule has 8 heteroatoms. The number of hydrogen-bond donors (Lipinski definition) is 0. The molecule has 0 aliphatic carbocycles. The van der Waals surface area contributed by atoms with Gasteiger partial charge in [-0.3, -0.25) is 14.5 Å². The minimum atomic E-state index is -0.395. The van der Waals surface area contributed by atoms with Crippen LogP contribution in [-0.2, 0) is 11.3 Å². The van der Waals surface area contributed by atoms with E-state index in [4.69, 9.17) is 9.47 Å². The van der Waals surface area contributed by atoms with E-state index in [1.165, 1.54) is 0 Å². The number of rotatable bonds is 6. The normalized spacial score (nSPS) is 15.0. The monoisotopic (exact) mass is 472 g/mol. The van der Waals surface area contributed by atoms with Gasteiger partial charge in [-0.2, -0.15) is 5.26 Å². The summed E-state index contributed by atoms with van der Waals surface area (Å²) in [5, 5.41) is 8.86. The fourth-order valence-electron chi connectivity index (χ4n) is 2.80. The Morgan fingerprint density at radius 3 is 2.69 bits per heavy atom. The van der Waals surface area contributed by atoms with Crippen molar-refractivity contribution < 1.29 is 19.1 Å². The Hall–Kier alpha value is -2.76. The van der Waals surface area contributed by atoms with E-state index in [2.05, 4.69) is 22.0 Å². The third kappa shape index (κ3) is 4.47. The first kappa shape index (κ1) is 21.0. The first-order chi connectivity index (χ1) is 14.0. The summed E-state index contributed by atoms with van der Waals surface area (Å²) in [5.41, 5.74) is 1.76. The van der Waals surface area contributed by atoms with Crippen LogP contribution in [0.15, 0.2) is 45.8 Å². The lowest BCUT2D eigenvalue weighted by molar-refractivity contribution is -0.123. The highest BCUT2D eigenvalue weighted by Gasteiger charge is 2.35. The zero-order valence-electron chi connectivity index (χ0n) is 15.8. The van der Waals surface area contributed by atoms with Crippen LogP contribution in [0.25, 0.3) is 6.08 Å². The smallest absolute Gasteiger partial charge is 0.293 e. The maximum absolute atomic E-state index is 12.8. The van der Waals surface area contributed by atoms with E-state index in [0.717, 1.165) is 16.7 Å². The second kappa shape index (κ2) is 9.16. The van der Waals surface area contributed by atoms with Crippen molar-refractivity contribution in [1.29, 1.82) is 5.26 Å². The van der Waals surface area contributed by atoms with E-state index in [-0.39, 0.29) is 11.8 Å². The number of carbonyl (C=O) groups is 2. The first-order valence-corrected chi connectivity index (χ1v) is 10.3. The number of benzene rings is 2. The standard InChI is InChI=1S/C21H17BrN2O4S/c1-3-28-18-8-15(16(22)10-17(18)27-2)9-19-20(25)24(21(26)29-19)12-14-7-5-4-6-13(14)11-23/h4-10H,3,12H2,1-2H3/b19-9+. The molecule has 2 aromatic rings. The number of halogens is 1. The average molecular weight is 473 g/mol. The van der Waals surface area contributed by atoms with Crippen molar-refractivity contribution in [2.75, 3.05) is 13.7 Å². The van der Waals surface area contributed by atoms with Crippen LogP contribution in [0.5, 0.6) is 11.5 Å². The van der Waals surface area contributed by atoms with Gasteiger partial charge >= 0.3 is 0 Å². The molecule has 1 heterocycles. The zero-order chi connectivity index (χ0) is 21.0. The fourth-order valence-corrected chi connectivity index (χ4v) is 4.07. The van der Waals surface area contributed by atoms with Crippen LogP contribution in [-0.4, -0.2) is 29.8 Å². The predicted octanol–water partition coefficient (Wildman–Crippen LogP) is 4.96. The number of methoxy groups -OCH3 is 1. The Morgan fingerprint density at radius 2 is 2.00 bits per heavy atom. The number of thioether (sulfide) groups is 1. The van der Waals surface area contributed by atoms with Gasteiger partial charge in [0.05, 0.1) is 36.8 Å². The van der Waals surface area contributed by atoms with E-state index < -0.39 is 5.91 Å². The highest BCUT2D eigenvalue weighted by atomic mass is 79.9. The second-order valence-corrected chi connectivity index (χ2v) is 7.84. The molecule has 3 rings (SSSR count). The predicted molar refractivity (Wildman–Crippen MR) is 115 cm³/mol. The Kier molecular flexibility index (Phi) is 6.62. The van der Waals surface area contributed by atoms with Crippen LogP contribution in [0.4, 0.5) is 4.79 Å². The van der Waals surface area contributed by atoms with Crippen LogP contribution < -0.4 is 9.47 Å². The number of carbonyl (C=O) groups excluding carboxylic acids is 2. The first-order valence-electron chi connectivity index (χ1n) is 8.72. The van der Waals surface area contributed by atoms with Gasteiger partial charge in [-0.1, -0.05) is 34.1 Å². The third-order valence-electron chi connectivity index (χ3n) is 4.21. The summed E-state index contributed by atoms with van der Waals surface area (Å²) >= 11 is 4.34. The number of hydrogen-bond acceptors (Lipinski definition) is 6. The lowest BCUT2D eigenvalue weighted by Gasteiger charge is -2.13. The number of imide groups is 1. The molecule has 0 unspecified atom stereocenters. The number of nitriles is 1. The molecular formula is C21H17BrN2O4S. The van der Waals surface area contributed by atoms with Crippen molar-refractivity contribution >= 4 is 44.9 Å². The molecule has 29 heavy (non-hydrogen) atoms. The number of nitrogens with zero attached hydrogens (tertiary/aromatic N) is 2. The highest BCUT2D eigenvalue weighted by Crippen LogP contribution is 2.38. The summed E-state index contributed by atoms with van der Waals surface area (Å²) in [6.45, 7) is 2.39. The van der Waals surface area contributed by atoms with Crippen LogP contribution in [0.2, 0.25) is 0 Å². The quantitative estimate of drug-likeness (QED) is 0.552.